The Labute approximate surface area is 228 Å². The van der Waals surface area contributed by atoms with Crippen molar-refractivity contribution in [3.8, 4) is 5.75 Å². The number of methoxy groups -OCH3 is 1. The number of piperazine rings is 1. The summed E-state index contributed by atoms with van der Waals surface area (Å²) in [6.45, 7) is 3.09. The molecule has 0 saturated carbocycles. The SMILES string of the molecule is COc1cccc(N2CCN(C(=S)NC3N=C(C4=CCCC=C4)c4cc(Cl)ccc4N(C)C3=O)CC2)c1. The molecule has 0 radical (unpaired) electrons. The van der Waals surface area contributed by atoms with Gasteiger partial charge in [-0.05, 0) is 61.0 Å². The summed E-state index contributed by atoms with van der Waals surface area (Å²) < 4.78 is 5.37. The second-order valence-electron chi connectivity index (χ2n) is 9.20. The van der Waals surface area contributed by atoms with Crippen LogP contribution in [-0.4, -0.2) is 68.1 Å². The topological polar surface area (TPSA) is 60.4 Å². The minimum Gasteiger partial charge on any atom is -0.497 e. The van der Waals surface area contributed by atoms with Crippen molar-refractivity contribution in [3.63, 3.8) is 0 Å². The Morgan fingerprint density at radius 1 is 1.14 bits per heavy atom. The fraction of sp³-hybridized carbons (Fsp3) is 0.321. The third-order valence-corrected chi connectivity index (χ3v) is 7.52. The van der Waals surface area contributed by atoms with Gasteiger partial charge in [0.15, 0.2) is 5.11 Å². The Kier molecular flexibility index (Phi) is 7.48. The number of hydrogen-bond acceptors (Lipinski definition) is 5. The van der Waals surface area contributed by atoms with Crippen LogP contribution < -0.4 is 19.9 Å². The number of halogens is 1. The quantitative estimate of drug-likeness (QED) is 0.585. The van der Waals surface area contributed by atoms with E-state index >= 15 is 0 Å². The van der Waals surface area contributed by atoms with Crippen LogP contribution in [0, 0.1) is 0 Å². The third kappa shape index (κ3) is 5.36. The van der Waals surface area contributed by atoms with Gasteiger partial charge in [0.05, 0.1) is 18.5 Å². The molecule has 2 aliphatic heterocycles. The Morgan fingerprint density at radius 2 is 1.95 bits per heavy atom. The molecule has 1 amide bonds. The number of nitrogens with zero attached hydrogens (tertiary/aromatic N) is 4. The largest absolute Gasteiger partial charge is 0.497 e. The highest BCUT2D eigenvalue weighted by atomic mass is 35.5. The van der Waals surface area contributed by atoms with Gasteiger partial charge >= 0.3 is 0 Å². The molecule has 7 nitrogen and oxygen atoms in total. The highest BCUT2D eigenvalue weighted by molar-refractivity contribution is 7.80. The molecule has 1 aliphatic carbocycles. The first-order valence-electron chi connectivity index (χ1n) is 12.4. The van der Waals surface area contributed by atoms with E-state index in [-0.39, 0.29) is 5.91 Å². The zero-order chi connectivity index (χ0) is 25.9. The minimum atomic E-state index is -0.841. The zero-order valence-electron chi connectivity index (χ0n) is 21.0. The predicted molar refractivity (Wildman–Crippen MR) is 154 cm³/mol. The number of benzodiazepines with no additional fused rings is 1. The molecular formula is C28H30ClN5O2S. The molecule has 0 aromatic heterocycles. The summed E-state index contributed by atoms with van der Waals surface area (Å²) in [7, 11) is 3.44. The molecule has 2 aromatic rings. The molecule has 1 N–H and O–H groups in total. The number of nitrogens with one attached hydrogen (secondary N) is 1. The number of amides is 1. The first-order valence-corrected chi connectivity index (χ1v) is 13.2. The van der Waals surface area contributed by atoms with Gasteiger partial charge in [0, 0.05) is 55.6 Å². The Hall–Kier alpha value is -3.36. The van der Waals surface area contributed by atoms with Crippen LogP contribution in [0.25, 0.3) is 0 Å². The summed E-state index contributed by atoms with van der Waals surface area (Å²) in [5, 5.41) is 4.38. The Morgan fingerprint density at radius 3 is 2.68 bits per heavy atom. The van der Waals surface area contributed by atoms with Crippen molar-refractivity contribution in [2.45, 2.75) is 19.0 Å². The zero-order valence-corrected chi connectivity index (χ0v) is 22.6. The number of anilines is 2. The lowest BCUT2D eigenvalue weighted by Gasteiger charge is -2.38. The predicted octanol–water partition coefficient (Wildman–Crippen LogP) is 4.41. The van der Waals surface area contributed by atoms with Gasteiger partial charge in [-0.15, -0.1) is 0 Å². The van der Waals surface area contributed by atoms with Crippen LogP contribution in [0.1, 0.15) is 18.4 Å². The van der Waals surface area contributed by atoms with E-state index in [9.17, 15) is 4.79 Å². The number of likely N-dealkylation sites (N-methyl/N-ethyl adjacent to an activating group) is 1. The standard InChI is InChI=1S/C28H30ClN5O2S/c1-32-24-12-11-20(29)17-23(24)25(19-7-4-3-5-8-19)30-26(27(32)35)31-28(37)34-15-13-33(14-16-34)21-9-6-10-22(18-21)36-2/h4,6-12,17-18,26H,3,5,13-16H2,1-2H3,(H,31,37). The maximum atomic E-state index is 13.5. The van der Waals surface area contributed by atoms with Gasteiger partial charge < -0.3 is 24.8 Å². The van der Waals surface area contributed by atoms with Crippen LogP contribution >= 0.6 is 23.8 Å². The number of hydrogen-bond donors (Lipinski definition) is 1. The van der Waals surface area contributed by atoms with E-state index in [0.717, 1.165) is 73.0 Å². The van der Waals surface area contributed by atoms with Crippen LogP contribution in [0.5, 0.6) is 5.75 Å². The summed E-state index contributed by atoms with van der Waals surface area (Å²) in [5.74, 6) is 0.670. The van der Waals surface area contributed by atoms with Crippen molar-refractivity contribution in [2.24, 2.45) is 4.99 Å². The van der Waals surface area contributed by atoms with Gasteiger partial charge in [-0.2, -0.15) is 0 Å². The Balaban J connectivity index is 1.35. The lowest BCUT2D eigenvalue weighted by atomic mass is 9.96. The van der Waals surface area contributed by atoms with Crippen molar-refractivity contribution in [1.29, 1.82) is 0 Å². The van der Waals surface area contributed by atoms with Crippen LogP contribution in [0.2, 0.25) is 5.02 Å². The summed E-state index contributed by atoms with van der Waals surface area (Å²) in [5.41, 5.74) is 4.47. The molecule has 5 rings (SSSR count). The smallest absolute Gasteiger partial charge is 0.272 e. The summed E-state index contributed by atoms with van der Waals surface area (Å²) in [6.07, 6.45) is 7.44. The molecule has 0 bridgehead atoms. The van der Waals surface area contributed by atoms with E-state index in [2.05, 4.69) is 39.4 Å². The van der Waals surface area contributed by atoms with E-state index in [4.69, 9.17) is 33.5 Å². The third-order valence-electron chi connectivity index (χ3n) is 6.91. The van der Waals surface area contributed by atoms with Crippen molar-refractivity contribution in [1.82, 2.24) is 10.2 Å². The molecule has 37 heavy (non-hydrogen) atoms. The normalized spacial score (nSPS) is 19.6. The molecule has 1 fully saturated rings. The van der Waals surface area contributed by atoms with E-state index in [0.29, 0.717) is 10.1 Å². The van der Waals surface area contributed by atoms with Crippen molar-refractivity contribution >= 4 is 51.9 Å². The lowest BCUT2D eigenvalue weighted by Crippen LogP contribution is -2.55. The average Bonchev–Trinajstić information content (AvgIpc) is 3.04. The van der Waals surface area contributed by atoms with Crippen LogP contribution in [0.4, 0.5) is 11.4 Å². The monoisotopic (exact) mass is 535 g/mol. The van der Waals surface area contributed by atoms with Crippen molar-refractivity contribution in [2.75, 3.05) is 50.1 Å². The molecule has 2 aromatic carbocycles. The minimum absolute atomic E-state index is 0.170. The van der Waals surface area contributed by atoms with Crippen molar-refractivity contribution < 1.29 is 9.53 Å². The van der Waals surface area contributed by atoms with Gasteiger partial charge in [-0.1, -0.05) is 35.9 Å². The fourth-order valence-corrected chi connectivity index (χ4v) is 5.31. The molecule has 1 saturated heterocycles. The van der Waals surface area contributed by atoms with Crippen LogP contribution in [0.15, 0.2) is 71.3 Å². The number of fused-ring (bicyclic) bond motifs is 1. The lowest BCUT2D eigenvalue weighted by molar-refractivity contribution is -0.119. The van der Waals surface area contributed by atoms with E-state index in [1.165, 1.54) is 0 Å². The number of aliphatic imine (C=N–C) groups is 1. The Bertz CT molecular complexity index is 1300. The molecule has 2 heterocycles. The second kappa shape index (κ2) is 10.9. The number of carbonyl (C=O) groups excluding carboxylic acids is 1. The molecule has 3 aliphatic rings. The maximum Gasteiger partial charge on any atom is 0.272 e. The van der Waals surface area contributed by atoms with Crippen molar-refractivity contribution in [3.05, 3.63) is 76.9 Å². The van der Waals surface area contributed by atoms with Crippen LogP contribution in [0.3, 0.4) is 0 Å². The van der Waals surface area contributed by atoms with E-state index in [1.807, 2.05) is 30.3 Å². The number of thiocarbonyl (C=S) groups is 1. The average molecular weight is 536 g/mol. The number of benzene rings is 2. The summed E-state index contributed by atoms with van der Waals surface area (Å²) in [4.78, 5) is 24.5. The van der Waals surface area contributed by atoms with E-state index in [1.54, 1.807) is 25.1 Å². The first-order chi connectivity index (χ1) is 17.9. The highest BCUT2D eigenvalue weighted by Crippen LogP contribution is 2.31. The van der Waals surface area contributed by atoms with Gasteiger partial charge in [0.1, 0.15) is 5.75 Å². The number of allylic oxidation sites excluding steroid dienone is 4. The van der Waals surface area contributed by atoms with Gasteiger partial charge in [0.2, 0.25) is 6.17 Å². The number of rotatable bonds is 4. The molecule has 0 spiro atoms. The maximum absolute atomic E-state index is 13.5. The molecule has 192 valence electrons. The number of carbonyl (C=O) groups is 1. The number of ether oxygens (including phenoxy) is 1. The van der Waals surface area contributed by atoms with Crippen LogP contribution in [-0.2, 0) is 4.79 Å². The highest BCUT2D eigenvalue weighted by Gasteiger charge is 2.32. The molecule has 1 unspecified atom stereocenters. The van der Waals surface area contributed by atoms with E-state index < -0.39 is 6.17 Å². The van der Waals surface area contributed by atoms with Gasteiger partial charge in [-0.3, -0.25) is 4.79 Å². The molecule has 9 heteroatoms. The molecular weight excluding hydrogens is 506 g/mol. The second-order valence-corrected chi connectivity index (χ2v) is 10.0. The molecule has 1 atom stereocenters. The van der Waals surface area contributed by atoms with Gasteiger partial charge in [0.25, 0.3) is 5.91 Å². The fourth-order valence-electron chi connectivity index (χ4n) is 4.84. The summed E-state index contributed by atoms with van der Waals surface area (Å²) >= 11 is 12.1. The first kappa shape index (κ1) is 25.3. The summed E-state index contributed by atoms with van der Waals surface area (Å²) in [6, 6.07) is 13.6. The van der Waals surface area contributed by atoms with Gasteiger partial charge in [-0.25, -0.2) is 4.99 Å².